The van der Waals surface area contributed by atoms with E-state index in [1.54, 1.807) is 0 Å². The lowest BCUT2D eigenvalue weighted by atomic mass is 9.98. The zero-order chi connectivity index (χ0) is 11.5. The maximum atomic E-state index is 10.6. The molecule has 2 rings (SSSR count). The molecule has 16 heavy (non-hydrogen) atoms. The van der Waals surface area contributed by atoms with Crippen molar-refractivity contribution in [3.05, 3.63) is 12.0 Å². The molecule has 88 valence electrons. The van der Waals surface area contributed by atoms with E-state index < -0.39 is 5.97 Å². The highest BCUT2D eigenvalue weighted by molar-refractivity contribution is 5.85. The molecule has 2 N–H and O–H groups in total. The van der Waals surface area contributed by atoms with Crippen molar-refractivity contribution in [2.24, 2.45) is 11.8 Å². The molecule has 1 heterocycles. The van der Waals surface area contributed by atoms with Crippen molar-refractivity contribution in [3.63, 3.8) is 0 Å². The van der Waals surface area contributed by atoms with Gasteiger partial charge in [0.2, 0.25) is 0 Å². The van der Waals surface area contributed by atoms with Gasteiger partial charge in [0.1, 0.15) is 6.26 Å². The van der Waals surface area contributed by atoms with E-state index in [0.29, 0.717) is 11.9 Å². The number of aromatic nitrogens is 1. The lowest BCUT2D eigenvalue weighted by Gasteiger charge is -2.14. The SMILES string of the molecule is CC1CCCC1CNc1nc(C(=O)O)co1. The van der Waals surface area contributed by atoms with Crippen LogP contribution in [0.5, 0.6) is 0 Å². The summed E-state index contributed by atoms with van der Waals surface area (Å²) in [4.78, 5) is 14.4. The van der Waals surface area contributed by atoms with Crippen LogP contribution >= 0.6 is 0 Å². The number of aromatic carboxylic acids is 1. The summed E-state index contributed by atoms with van der Waals surface area (Å²) in [5.41, 5.74) is -0.0537. The standard InChI is InChI=1S/C11H16N2O3/c1-7-3-2-4-8(7)5-12-11-13-9(6-16-11)10(14)15/h6-8H,2-5H2,1H3,(H,12,13)(H,14,15). The van der Waals surface area contributed by atoms with Crippen LogP contribution in [-0.4, -0.2) is 22.6 Å². The van der Waals surface area contributed by atoms with Crippen LogP contribution in [0.3, 0.4) is 0 Å². The van der Waals surface area contributed by atoms with Gasteiger partial charge in [0.25, 0.3) is 6.01 Å². The van der Waals surface area contributed by atoms with Crippen LogP contribution in [-0.2, 0) is 0 Å². The molecule has 2 atom stereocenters. The molecule has 1 aromatic heterocycles. The van der Waals surface area contributed by atoms with Crippen molar-refractivity contribution in [1.29, 1.82) is 0 Å². The average molecular weight is 224 g/mol. The summed E-state index contributed by atoms with van der Waals surface area (Å²) in [7, 11) is 0. The highest BCUT2D eigenvalue weighted by Gasteiger charge is 2.23. The Morgan fingerprint density at radius 1 is 1.69 bits per heavy atom. The zero-order valence-electron chi connectivity index (χ0n) is 9.27. The molecule has 2 unspecified atom stereocenters. The number of nitrogens with one attached hydrogen (secondary N) is 1. The topological polar surface area (TPSA) is 75.4 Å². The van der Waals surface area contributed by atoms with Gasteiger partial charge in [0, 0.05) is 6.54 Å². The monoisotopic (exact) mass is 224 g/mol. The third-order valence-corrected chi connectivity index (χ3v) is 3.28. The van der Waals surface area contributed by atoms with Crippen molar-refractivity contribution < 1.29 is 14.3 Å². The van der Waals surface area contributed by atoms with Crippen molar-refractivity contribution in [1.82, 2.24) is 4.98 Å². The van der Waals surface area contributed by atoms with Crippen LogP contribution in [0.1, 0.15) is 36.7 Å². The highest BCUT2D eigenvalue weighted by Crippen LogP contribution is 2.31. The average Bonchev–Trinajstić information content (AvgIpc) is 2.83. The second kappa shape index (κ2) is 4.55. The van der Waals surface area contributed by atoms with Gasteiger partial charge in [0.05, 0.1) is 0 Å². The highest BCUT2D eigenvalue weighted by atomic mass is 16.4. The number of hydrogen-bond donors (Lipinski definition) is 2. The number of carboxylic acid groups (broad SMARTS) is 1. The summed E-state index contributed by atoms with van der Waals surface area (Å²) in [5, 5.41) is 11.7. The lowest BCUT2D eigenvalue weighted by molar-refractivity contribution is 0.0690. The third-order valence-electron chi connectivity index (χ3n) is 3.28. The summed E-state index contributed by atoms with van der Waals surface area (Å²) >= 11 is 0. The van der Waals surface area contributed by atoms with Gasteiger partial charge in [-0.2, -0.15) is 4.98 Å². The molecule has 0 amide bonds. The predicted molar refractivity (Wildman–Crippen MR) is 58.5 cm³/mol. The predicted octanol–water partition coefficient (Wildman–Crippen LogP) is 2.22. The Morgan fingerprint density at radius 2 is 2.50 bits per heavy atom. The van der Waals surface area contributed by atoms with Crippen LogP contribution in [0, 0.1) is 11.8 Å². The van der Waals surface area contributed by atoms with E-state index in [2.05, 4.69) is 17.2 Å². The van der Waals surface area contributed by atoms with Crippen molar-refractivity contribution in [2.45, 2.75) is 26.2 Å². The molecule has 1 fully saturated rings. The molecule has 0 saturated heterocycles. The molecule has 0 aromatic carbocycles. The molecule has 5 heteroatoms. The molecule has 0 spiro atoms. The fourth-order valence-corrected chi connectivity index (χ4v) is 2.20. The first-order valence-electron chi connectivity index (χ1n) is 5.59. The molecular weight excluding hydrogens is 208 g/mol. The van der Waals surface area contributed by atoms with Crippen LogP contribution in [0.2, 0.25) is 0 Å². The Hall–Kier alpha value is -1.52. The molecule has 0 bridgehead atoms. The van der Waals surface area contributed by atoms with E-state index >= 15 is 0 Å². The summed E-state index contributed by atoms with van der Waals surface area (Å²) in [5.74, 6) is 0.299. The molecule has 1 saturated carbocycles. The molecule has 0 radical (unpaired) electrons. The van der Waals surface area contributed by atoms with Gasteiger partial charge in [0.15, 0.2) is 5.69 Å². The molecule has 1 aliphatic carbocycles. The van der Waals surface area contributed by atoms with E-state index in [-0.39, 0.29) is 5.69 Å². The molecule has 0 aliphatic heterocycles. The molecule has 1 aromatic rings. The lowest BCUT2D eigenvalue weighted by Crippen LogP contribution is -2.16. The Morgan fingerprint density at radius 3 is 3.06 bits per heavy atom. The third kappa shape index (κ3) is 2.35. The Kier molecular flexibility index (Phi) is 3.12. The second-order valence-electron chi connectivity index (χ2n) is 4.39. The summed E-state index contributed by atoms with van der Waals surface area (Å²) < 4.78 is 5.02. The number of carbonyl (C=O) groups is 1. The first-order chi connectivity index (χ1) is 7.66. The van der Waals surface area contributed by atoms with Gasteiger partial charge in [-0.1, -0.05) is 19.8 Å². The Balaban J connectivity index is 1.87. The Labute approximate surface area is 93.9 Å². The minimum absolute atomic E-state index is 0.0537. The van der Waals surface area contributed by atoms with Gasteiger partial charge < -0.3 is 14.8 Å². The fraction of sp³-hybridized carbons (Fsp3) is 0.636. The van der Waals surface area contributed by atoms with Crippen LogP contribution in [0.15, 0.2) is 10.7 Å². The van der Waals surface area contributed by atoms with E-state index in [1.165, 1.54) is 19.3 Å². The van der Waals surface area contributed by atoms with Crippen molar-refractivity contribution in [2.75, 3.05) is 11.9 Å². The number of nitrogens with zero attached hydrogens (tertiary/aromatic N) is 1. The fourth-order valence-electron chi connectivity index (χ4n) is 2.20. The van der Waals surface area contributed by atoms with Gasteiger partial charge in [-0.25, -0.2) is 4.79 Å². The minimum atomic E-state index is -1.06. The molecule has 1 aliphatic rings. The summed E-state index contributed by atoms with van der Waals surface area (Å²) in [6.07, 6.45) is 4.93. The minimum Gasteiger partial charge on any atom is -0.476 e. The first kappa shape index (κ1) is 11.0. The van der Waals surface area contributed by atoms with Gasteiger partial charge in [-0.3, -0.25) is 0 Å². The quantitative estimate of drug-likeness (QED) is 0.820. The summed E-state index contributed by atoms with van der Waals surface area (Å²) in [6.45, 7) is 3.05. The van der Waals surface area contributed by atoms with Crippen molar-refractivity contribution >= 4 is 12.0 Å². The number of oxazole rings is 1. The number of hydrogen-bond acceptors (Lipinski definition) is 4. The van der Waals surface area contributed by atoms with Gasteiger partial charge >= 0.3 is 5.97 Å². The number of anilines is 1. The largest absolute Gasteiger partial charge is 0.476 e. The van der Waals surface area contributed by atoms with Gasteiger partial charge in [-0.05, 0) is 18.3 Å². The maximum Gasteiger partial charge on any atom is 0.357 e. The van der Waals surface area contributed by atoms with E-state index in [1.807, 2.05) is 0 Å². The number of carboxylic acids is 1. The van der Waals surface area contributed by atoms with Crippen LogP contribution in [0.4, 0.5) is 6.01 Å². The Bertz CT molecular complexity index is 375. The smallest absolute Gasteiger partial charge is 0.357 e. The maximum absolute atomic E-state index is 10.6. The van der Waals surface area contributed by atoms with Crippen LogP contribution < -0.4 is 5.32 Å². The normalized spacial score (nSPS) is 24.6. The zero-order valence-corrected chi connectivity index (χ0v) is 9.27. The number of rotatable bonds is 4. The first-order valence-corrected chi connectivity index (χ1v) is 5.59. The summed E-state index contributed by atoms with van der Waals surface area (Å²) in [6, 6.07) is 0.302. The van der Waals surface area contributed by atoms with E-state index in [9.17, 15) is 4.79 Å². The molecule has 5 nitrogen and oxygen atoms in total. The molecular formula is C11H16N2O3. The van der Waals surface area contributed by atoms with E-state index in [0.717, 1.165) is 18.7 Å². The van der Waals surface area contributed by atoms with E-state index in [4.69, 9.17) is 9.52 Å². The second-order valence-corrected chi connectivity index (χ2v) is 4.39. The van der Waals surface area contributed by atoms with Gasteiger partial charge in [-0.15, -0.1) is 0 Å². The van der Waals surface area contributed by atoms with Crippen LogP contribution in [0.25, 0.3) is 0 Å². The van der Waals surface area contributed by atoms with Crippen molar-refractivity contribution in [3.8, 4) is 0 Å².